The molecule has 7 heteroatoms. The first kappa shape index (κ1) is 17.2. The Labute approximate surface area is 156 Å². The van der Waals surface area contributed by atoms with Gasteiger partial charge in [-0.05, 0) is 37.3 Å². The van der Waals surface area contributed by atoms with E-state index in [9.17, 15) is 9.59 Å². The SMILES string of the molecule is CC(=O)N1CCN(C(=O)c2ccc3oc(-c4cccc(C)n4)nc3c2)CC1. The second-order valence-corrected chi connectivity index (χ2v) is 6.66. The van der Waals surface area contributed by atoms with E-state index in [1.54, 1.807) is 34.9 Å². The smallest absolute Gasteiger partial charge is 0.254 e. The molecular formula is C20H20N4O3. The molecule has 0 N–H and O–H groups in total. The minimum Gasteiger partial charge on any atom is -0.435 e. The van der Waals surface area contributed by atoms with Crippen molar-refractivity contribution in [2.45, 2.75) is 13.8 Å². The highest BCUT2D eigenvalue weighted by Gasteiger charge is 2.23. The molecule has 2 amide bonds. The van der Waals surface area contributed by atoms with Crippen molar-refractivity contribution in [3.05, 3.63) is 47.7 Å². The lowest BCUT2D eigenvalue weighted by Gasteiger charge is -2.34. The second kappa shape index (κ2) is 6.83. The molecule has 0 spiro atoms. The van der Waals surface area contributed by atoms with Gasteiger partial charge in [0.1, 0.15) is 11.2 Å². The van der Waals surface area contributed by atoms with Gasteiger partial charge in [0.2, 0.25) is 11.8 Å². The number of piperazine rings is 1. The number of aryl methyl sites for hydroxylation is 1. The van der Waals surface area contributed by atoms with E-state index in [1.807, 2.05) is 25.1 Å². The number of rotatable bonds is 2. The van der Waals surface area contributed by atoms with Crippen LogP contribution in [0, 0.1) is 6.92 Å². The van der Waals surface area contributed by atoms with Crippen LogP contribution in [0.3, 0.4) is 0 Å². The highest BCUT2D eigenvalue weighted by atomic mass is 16.3. The molecule has 1 fully saturated rings. The maximum absolute atomic E-state index is 12.8. The first-order valence-electron chi connectivity index (χ1n) is 8.91. The van der Waals surface area contributed by atoms with Crippen molar-refractivity contribution in [2.75, 3.05) is 26.2 Å². The van der Waals surface area contributed by atoms with E-state index in [0.29, 0.717) is 54.4 Å². The zero-order chi connectivity index (χ0) is 19.0. The maximum Gasteiger partial charge on any atom is 0.254 e. The summed E-state index contributed by atoms with van der Waals surface area (Å²) in [4.78, 5) is 36.7. The molecule has 2 aromatic heterocycles. The summed E-state index contributed by atoms with van der Waals surface area (Å²) in [6, 6.07) is 10.9. The number of carbonyl (C=O) groups is 2. The summed E-state index contributed by atoms with van der Waals surface area (Å²) >= 11 is 0. The number of hydrogen-bond donors (Lipinski definition) is 0. The van der Waals surface area contributed by atoms with Crippen LogP contribution in [0.2, 0.25) is 0 Å². The number of hydrogen-bond acceptors (Lipinski definition) is 5. The fraction of sp³-hybridized carbons (Fsp3) is 0.300. The summed E-state index contributed by atoms with van der Waals surface area (Å²) in [7, 11) is 0. The summed E-state index contributed by atoms with van der Waals surface area (Å²) in [6.07, 6.45) is 0. The van der Waals surface area contributed by atoms with Gasteiger partial charge < -0.3 is 14.2 Å². The number of amides is 2. The Kier molecular flexibility index (Phi) is 4.35. The van der Waals surface area contributed by atoms with Gasteiger partial charge in [0.05, 0.1) is 0 Å². The van der Waals surface area contributed by atoms with E-state index < -0.39 is 0 Å². The van der Waals surface area contributed by atoms with Crippen LogP contribution in [0.15, 0.2) is 40.8 Å². The van der Waals surface area contributed by atoms with Gasteiger partial charge in [-0.3, -0.25) is 9.59 Å². The molecule has 3 heterocycles. The molecule has 27 heavy (non-hydrogen) atoms. The van der Waals surface area contributed by atoms with Gasteiger partial charge in [0, 0.05) is 44.4 Å². The number of benzene rings is 1. The van der Waals surface area contributed by atoms with Gasteiger partial charge in [-0.25, -0.2) is 9.97 Å². The van der Waals surface area contributed by atoms with Crippen molar-refractivity contribution < 1.29 is 14.0 Å². The Hall–Kier alpha value is -3.22. The third-order valence-electron chi connectivity index (χ3n) is 4.75. The zero-order valence-electron chi connectivity index (χ0n) is 15.3. The average Bonchev–Trinajstić information content (AvgIpc) is 3.11. The first-order chi connectivity index (χ1) is 13.0. The Morgan fingerprint density at radius 2 is 1.74 bits per heavy atom. The minimum atomic E-state index is -0.0571. The van der Waals surface area contributed by atoms with Gasteiger partial charge in [-0.1, -0.05) is 6.07 Å². The normalized spacial score (nSPS) is 14.6. The molecule has 0 aliphatic carbocycles. The van der Waals surface area contributed by atoms with Crippen molar-refractivity contribution >= 4 is 22.9 Å². The molecular weight excluding hydrogens is 344 g/mol. The van der Waals surface area contributed by atoms with Crippen LogP contribution in [0.25, 0.3) is 22.7 Å². The van der Waals surface area contributed by atoms with E-state index in [-0.39, 0.29) is 11.8 Å². The third kappa shape index (κ3) is 3.40. The molecule has 1 saturated heterocycles. The van der Waals surface area contributed by atoms with E-state index in [2.05, 4.69) is 9.97 Å². The monoisotopic (exact) mass is 364 g/mol. The van der Waals surface area contributed by atoms with Crippen molar-refractivity contribution in [3.63, 3.8) is 0 Å². The van der Waals surface area contributed by atoms with Crippen LogP contribution in [0.1, 0.15) is 23.0 Å². The molecule has 1 aliphatic heterocycles. The zero-order valence-corrected chi connectivity index (χ0v) is 15.3. The molecule has 0 atom stereocenters. The molecule has 0 bridgehead atoms. The number of fused-ring (bicyclic) bond motifs is 1. The lowest BCUT2D eigenvalue weighted by atomic mass is 10.1. The number of carbonyl (C=O) groups excluding carboxylic acids is 2. The summed E-state index contributed by atoms with van der Waals surface area (Å²) in [5, 5.41) is 0. The summed E-state index contributed by atoms with van der Waals surface area (Å²) in [5.74, 6) is 0.426. The van der Waals surface area contributed by atoms with Crippen LogP contribution in [0.4, 0.5) is 0 Å². The molecule has 1 aromatic carbocycles. The Morgan fingerprint density at radius 3 is 2.44 bits per heavy atom. The first-order valence-corrected chi connectivity index (χ1v) is 8.91. The van der Waals surface area contributed by atoms with E-state index in [4.69, 9.17) is 4.42 Å². The topological polar surface area (TPSA) is 79.5 Å². The van der Waals surface area contributed by atoms with Crippen molar-refractivity contribution in [2.24, 2.45) is 0 Å². The third-order valence-corrected chi connectivity index (χ3v) is 4.75. The maximum atomic E-state index is 12.8. The van der Waals surface area contributed by atoms with Gasteiger partial charge in [0.15, 0.2) is 5.58 Å². The molecule has 7 nitrogen and oxygen atoms in total. The highest BCUT2D eigenvalue weighted by Crippen LogP contribution is 2.24. The summed E-state index contributed by atoms with van der Waals surface area (Å²) < 4.78 is 5.79. The predicted octanol–water partition coefficient (Wildman–Crippen LogP) is 2.50. The van der Waals surface area contributed by atoms with Gasteiger partial charge in [-0.2, -0.15) is 0 Å². The number of aromatic nitrogens is 2. The van der Waals surface area contributed by atoms with E-state index in [1.165, 1.54) is 0 Å². The molecule has 1 aliphatic rings. The predicted molar refractivity (Wildman–Crippen MR) is 100 cm³/mol. The number of oxazole rings is 1. The van der Waals surface area contributed by atoms with Crippen molar-refractivity contribution in [3.8, 4) is 11.6 Å². The Bertz CT molecular complexity index is 1020. The van der Waals surface area contributed by atoms with Crippen LogP contribution < -0.4 is 0 Å². The standard InChI is InChI=1S/C20H20N4O3/c1-13-4-3-5-16(21-13)19-22-17-12-15(6-7-18(17)27-19)20(26)24-10-8-23(9-11-24)14(2)25/h3-7,12H,8-11H2,1-2H3. The largest absolute Gasteiger partial charge is 0.435 e. The molecule has 0 radical (unpaired) electrons. The molecule has 138 valence electrons. The number of pyridine rings is 1. The molecule has 3 aromatic rings. The summed E-state index contributed by atoms with van der Waals surface area (Å²) in [6.45, 7) is 5.67. The fourth-order valence-corrected chi connectivity index (χ4v) is 3.24. The second-order valence-electron chi connectivity index (χ2n) is 6.66. The molecule has 0 saturated carbocycles. The van der Waals surface area contributed by atoms with Crippen molar-refractivity contribution in [1.29, 1.82) is 0 Å². The van der Waals surface area contributed by atoms with E-state index >= 15 is 0 Å². The molecule has 4 rings (SSSR count). The van der Waals surface area contributed by atoms with E-state index in [0.717, 1.165) is 5.69 Å². The number of nitrogens with zero attached hydrogens (tertiary/aromatic N) is 4. The quantitative estimate of drug-likeness (QED) is 0.698. The minimum absolute atomic E-state index is 0.0448. The fourth-order valence-electron chi connectivity index (χ4n) is 3.24. The van der Waals surface area contributed by atoms with Gasteiger partial charge in [0.25, 0.3) is 5.91 Å². The average molecular weight is 364 g/mol. The van der Waals surface area contributed by atoms with Gasteiger partial charge in [-0.15, -0.1) is 0 Å². The Balaban J connectivity index is 1.57. The van der Waals surface area contributed by atoms with Crippen LogP contribution in [-0.2, 0) is 4.79 Å². The molecule has 0 unspecified atom stereocenters. The lowest BCUT2D eigenvalue weighted by Crippen LogP contribution is -2.50. The Morgan fingerprint density at radius 1 is 1.00 bits per heavy atom. The lowest BCUT2D eigenvalue weighted by molar-refractivity contribution is -0.130. The highest BCUT2D eigenvalue weighted by molar-refractivity contribution is 5.97. The van der Waals surface area contributed by atoms with Crippen LogP contribution >= 0.6 is 0 Å². The van der Waals surface area contributed by atoms with Gasteiger partial charge >= 0.3 is 0 Å². The van der Waals surface area contributed by atoms with Crippen LogP contribution in [-0.4, -0.2) is 57.8 Å². The van der Waals surface area contributed by atoms with Crippen molar-refractivity contribution in [1.82, 2.24) is 19.8 Å². The van der Waals surface area contributed by atoms with Crippen LogP contribution in [0.5, 0.6) is 0 Å². The summed E-state index contributed by atoms with van der Waals surface area (Å²) in [5.41, 5.74) is 3.36.